The molecule has 1 amide bonds. The highest BCUT2D eigenvalue weighted by atomic mass is 16.5. The molecular weight excluding hydrogens is 228 g/mol. The Morgan fingerprint density at radius 1 is 1.50 bits per heavy atom. The van der Waals surface area contributed by atoms with Gasteiger partial charge in [0.15, 0.2) is 0 Å². The van der Waals surface area contributed by atoms with E-state index < -0.39 is 0 Å². The number of nitrogens with zero attached hydrogens (tertiary/aromatic N) is 1. The average Bonchev–Trinajstić information content (AvgIpc) is 2.33. The molecule has 18 heavy (non-hydrogen) atoms. The number of rotatable bonds is 4. The van der Waals surface area contributed by atoms with Gasteiger partial charge in [-0.1, -0.05) is 0 Å². The molecule has 0 spiro atoms. The van der Waals surface area contributed by atoms with E-state index in [2.05, 4.69) is 0 Å². The van der Waals surface area contributed by atoms with Crippen LogP contribution >= 0.6 is 0 Å². The molecule has 1 saturated carbocycles. The van der Waals surface area contributed by atoms with Gasteiger partial charge in [0.2, 0.25) is 5.91 Å². The summed E-state index contributed by atoms with van der Waals surface area (Å²) < 4.78 is 5.54. The molecule has 1 saturated heterocycles. The summed E-state index contributed by atoms with van der Waals surface area (Å²) in [5.74, 6) is 0.712. The molecule has 4 heteroatoms. The number of carbonyl (C=O) groups excluding carboxylic acids is 1. The van der Waals surface area contributed by atoms with Crippen LogP contribution in [0.5, 0.6) is 0 Å². The fourth-order valence-corrected chi connectivity index (χ4v) is 3.08. The van der Waals surface area contributed by atoms with E-state index in [4.69, 9.17) is 10.5 Å². The van der Waals surface area contributed by atoms with E-state index in [1.54, 1.807) is 7.11 Å². The molecular formula is C14H26N2O2. The summed E-state index contributed by atoms with van der Waals surface area (Å²) in [5.41, 5.74) is 5.80. The Morgan fingerprint density at radius 3 is 2.72 bits per heavy atom. The molecule has 104 valence electrons. The highest BCUT2D eigenvalue weighted by molar-refractivity contribution is 5.77. The zero-order valence-corrected chi connectivity index (χ0v) is 11.7. The minimum absolute atomic E-state index is 0.154. The number of ether oxygens (including phenoxy) is 1. The van der Waals surface area contributed by atoms with Crippen molar-refractivity contribution >= 4 is 5.91 Å². The van der Waals surface area contributed by atoms with Crippen LogP contribution in [0, 0.1) is 5.92 Å². The zero-order valence-electron chi connectivity index (χ0n) is 11.7. The summed E-state index contributed by atoms with van der Waals surface area (Å²) in [6, 6.07) is 0.181. The van der Waals surface area contributed by atoms with Crippen molar-refractivity contribution in [2.45, 2.75) is 57.1 Å². The molecule has 0 aromatic heterocycles. The number of hydrogen-bond donors (Lipinski definition) is 1. The number of amides is 1. The van der Waals surface area contributed by atoms with E-state index in [9.17, 15) is 4.79 Å². The van der Waals surface area contributed by atoms with Crippen LogP contribution in [0.2, 0.25) is 0 Å². The average molecular weight is 254 g/mol. The van der Waals surface area contributed by atoms with Crippen LogP contribution in [0.1, 0.15) is 45.4 Å². The lowest BCUT2D eigenvalue weighted by Crippen LogP contribution is -2.49. The van der Waals surface area contributed by atoms with Gasteiger partial charge in [-0.25, -0.2) is 0 Å². The lowest BCUT2D eigenvalue weighted by molar-refractivity contribution is -0.145. The molecule has 2 N–H and O–H groups in total. The van der Waals surface area contributed by atoms with Crippen LogP contribution in [-0.4, -0.2) is 42.6 Å². The van der Waals surface area contributed by atoms with E-state index in [0.29, 0.717) is 12.3 Å². The van der Waals surface area contributed by atoms with Gasteiger partial charge in [-0.15, -0.1) is 0 Å². The summed E-state index contributed by atoms with van der Waals surface area (Å²) in [7, 11) is 1.73. The maximum Gasteiger partial charge on any atom is 0.225 e. The highest BCUT2D eigenvalue weighted by Gasteiger charge is 2.40. The first-order chi connectivity index (χ1) is 8.56. The van der Waals surface area contributed by atoms with Gasteiger partial charge in [0.25, 0.3) is 0 Å². The number of nitrogens with two attached hydrogens (primary N) is 1. The first-order valence-corrected chi connectivity index (χ1v) is 7.15. The highest BCUT2D eigenvalue weighted by Crippen LogP contribution is 2.38. The maximum absolute atomic E-state index is 12.3. The van der Waals surface area contributed by atoms with Crippen LogP contribution in [0.4, 0.5) is 0 Å². The molecule has 0 aromatic carbocycles. The second-order valence-corrected chi connectivity index (χ2v) is 6.02. The summed E-state index contributed by atoms with van der Waals surface area (Å²) in [4.78, 5) is 14.3. The molecule has 2 rings (SSSR count). The molecule has 2 aliphatic rings. The number of methoxy groups -OCH3 is 1. The lowest BCUT2D eigenvalue weighted by atomic mass is 9.77. The molecule has 2 atom stereocenters. The normalized spacial score (nSPS) is 28.6. The lowest BCUT2D eigenvalue weighted by Gasteiger charge is -2.42. The maximum atomic E-state index is 12.3. The summed E-state index contributed by atoms with van der Waals surface area (Å²) >= 11 is 0. The summed E-state index contributed by atoms with van der Waals surface area (Å²) in [5, 5.41) is 0. The largest absolute Gasteiger partial charge is 0.378 e. The third-order valence-corrected chi connectivity index (χ3v) is 4.73. The molecule has 0 bridgehead atoms. The molecule has 4 nitrogen and oxygen atoms in total. The zero-order chi connectivity index (χ0) is 13.2. The summed E-state index contributed by atoms with van der Waals surface area (Å²) in [6.07, 6.45) is 6.02. The first-order valence-electron chi connectivity index (χ1n) is 7.15. The second-order valence-electron chi connectivity index (χ2n) is 6.02. The van der Waals surface area contributed by atoms with Gasteiger partial charge in [-0.2, -0.15) is 0 Å². The van der Waals surface area contributed by atoms with Crippen molar-refractivity contribution in [2.24, 2.45) is 11.7 Å². The van der Waals surface area contributed by atoms with Gasteiger partial charge < -0.3 is 15.4 Å². The fourth-order valence-electron chi connectivity index (χ4n) is 3.08. The third kappa shape index (κ3) is 2.86. The first kappa shape index (κ1) is 13.8. The minimum atomic E-state index is -0.154. The minimum Gasteiger partial charge on any atom is -0.378 e. The van der Waals surface area contributed by atoms with Gasteiger partial charge in [0, 0.05) is 26.2 Å². The van der Waals surface area contributed by atoms with Crippen molar-refractivity contribution in [1.82, 2.24) is 4.90 Å². The Morgan fingerprint density at radius 2 is 2.22 bits per heavy atom. The predicted molar refractivity (Wildman–Crippen MR) is 71.2 cm³/mol. The van der Waals surface area contributed by atoms with Crippen molar-refractivity contribution < 1.29 is 9.53 Å². The topological polar surface area (TPSA) is 55.6 Å². The van der Waals surface area contributed by atoms with E-state index >= 15 is 0 Å². The molecule has 2 fully saturated rings. The standard InChI is InChI=1S/C14H26N2O2/c1-11(15)12-5-3-8-16(10-12)13(17)9-14(18-2)6-4-7-14/h11-12H,3-10,15H2,1-2H3. The Bertz CT molecular complexity index is 295. The SMILES string of the molecule is COC1(CC(=O)N2CCCC(C(C)N)C2)CCC1. The van der Waals surface area contributed by atoms with E-state index in [0.717, 1.165) is 38.8 Å². The molecule has 0 aromatic rings. The van der Waals surface area contributed by atoms with E-state index in [1.165, 1.54) is 6.42 Å². The van der Waals surface area contributed by atoms with Crippen molar-refractivity contribution in [1.29, 1.82) is 0 Å². The Labute approximate surface area is 110 Å². The smallest absolute Gasteiger partial charge is 0.225 e. The van der Waals surface area contributed by atoms with Crippen molar-refractivity contribution in [3.63, 3.8) is 0 Å². The molecule has 1 aliphatic carbocycles. The van der Waals surface area contributed by atoms with Gasteiger partial charge in [0.1, 0.15) is 0 Å². The van der Waals surface area contributed by atoms with Gasteiger partial charge in [-0.05, 0) is 44.9 Å². The van der Waals surface area contributed by atoms with E-state index in [1.807, 2.05) is 11.8 Å². The fraction of sp³-hybridized carbons (Fsp3) is 0.929. The van der Waals surface area contributed by atoms with Crippen molar-refractivity contribution in [3.8, 4) is 0 Å². The van der Waals surface area contributed by atoms with Crippen LogP contribution in [-0.2, 0) is 9.53 Å². The third-order valence-electron chi connectivity index (χ3n) is 4.73. The monoisotopic (exact) mass is 254 g/mol. The number of carbonyl (C=O) groups is 1. The second kappa shape index (κ2) is 5.57. The van der Waals surface area contributed by atoms with Crippen molar-refractivity contribution in [2.75, 3.05) is 20.2 Å². The molecule has 2 unspecified atom stereocenters. The van der Waals surface area contributed by atoms with Crippen LogP contribution in [0.25, 0.3) is 0 Å². The van der Waals surface area contributed by atoms with Gasteiger partial charge >= 0.3 is 0 Å². The van der Waals surface area contributed by atoms with Crippen LogP contribution in [0.15, 0.2) is 0 Å². The Balaban J connectivity index is 1.88. The van der Waals surface area contributed by atoms with E-state index in [-0.39, 0.29) is 17.6 Å². The van der Waals surface area contributed by atoms with Crippen LogP contribution < -0.4 is 5.73 Å². The number of likely N-dealkylation sites (tertiary alicyclic amines) is 1. The van der Waals surface area contributed by atoms with Crippen LogP contribution in [0.3, 0.4) is 0 Å². The Hall–Kier alpha value is -0.610. The van der Waals surface area contributed by atoms with Gasteiger partial charge in [0.05, 0.1) is 12.0 Å². The molecule has 0 radical (unpaired) electrons. The molecule has 1 aliphatic heterocycles. The van der Waals surface area contributed by atoms with Gasteiger partial charge in [-0.3, -0.25) is 4.79 Å². The van der Waals surface area contributed by atoms with Crippen molar-refractivity contribution in [3.05, 3.63) is 0 Å². The number of hydrogen-bond acceptors (Lipinski definition) is 3. The Kier molecular flexibility index (Phi) is 4.28. The number of piperidine rings is 1. The quantitative estimate of drug-likeness (QED) is 0.828. The summed E-state index contributed by atoms with van der Waals surface area (Å²) in [6.45, 7) is 3.76. The molecule has 1 heterocycles. The predicted octanol–water partition coefficient (Wildman–Crippen LogP) is 1.53.